The van der Waals surface area contributed by atoms with E-state index in [1.807, 2.05) is 0 Å². The van der Waals surface area contributed by atoms with Crippen LogP contribution in [0.15, 0.2) is 35.8 Å². The van der Waals surface area contributed by atoms with Crippen molar-refractivity contribution >= 4 is 16.7 Å². The molecule has 2 rings (SSSR count). The number of hydrogen-bond donors (Lipinski definition) is 1. The monoisotopic (exact) mass is 443 g/mol. The number of aliphatic hydroxyl groups excluding tert-OH is 1. The van der Waals surface area contributed by atoms with Gasteiger partial charge in [-0.2, -0.15) is 8.78 Å². The van der Waals surface area contributed by atoms with Crippen molar-refractivity contribution in [2.45, 2.75) is 52.7 Å². The van der Waals surface area contributed by atoms with Crippen LogP contribution in [0.4, 0.5) is 13.2 Å². The lowest BCUT2D eigenvalue weighted by Gasteiger charge is -2.38. The van der Waals surface area contributed by atoms with Gasteiger partial charge in [0.25, 0.3) is 0 Å². The molecule has 0 aliphatic carbocycles. The van der Waals surface area contributed by atoms with Crippen molar-refractivity contribution in [3.63, 3.8) is 0 Å². The molecule has 1 aliphatic heterocycles. The van der Waals surface area contributed by atoms with E-state index in [1.54, 1.807) is 0 Å². The fraction of sp³-hybridized carbons (Fsp3) is 0.565. The predicted octanol–water partition coefficient (Wildman–Crippen LogP) is 6.15. The average Bonchev–Trinajstić information content (AvgIpc) is 2.66. The van der Waals surface area contributed by atoms with Gasteiger partial charge in [-0.05, 0) is 47.8 Å². The van der Waals surface area contributed by atoms with Gasteiger partial charge in [0, 0.05) is 30.1 Å². The highest BCUT2D eigenvalue weighted by molar-refractivity contribution is 8.11. The summed E-state index contributed by atoms with van der Waals surface area (Å²) >= 11 is 1.34. The van der Waals surface area contributed by atoms with Gasteiger partial charge in [0.15, 0.2) is 0 Å². The molecule has 0 radical (unpaired) electrons. The summed E-state index contributed by atoms with van der Waals surface area (Å²) in [4.78, 5) is 3.68. The molecule has 3 nitrogen and oxygen atoms in total. The number of allylic oxidation sites excluding steroid dienone is 1. The Kier molecular flexibility index (Phi) is 9.78. The molecule has 30 heavy (non-hydrogen) atoms. The summed E-state index contributed by atoms with van der Waals surface area (Å²) in [6.45, 7) is 9.53. The normalized spacial score (nSPS) is 20.8. The molecule has 2 atom stereocenters. The van der Waals surface area contributed by atoms with E-state index in [1.165, 1.54) is 23.9 Å². The third-order valence-electron chi connectivity index (χ3n) is 5.23. The van der Waals surface area contributed by atoms with E-state index in [2.05, 4.69) is 43.1 Å². The number of benzene rings is 1. The van der Waals surface area contributed by atoms with Crippen molar-refractivity contribution in [2.75, 3.05) is 19.6 Å². The highest BCUT2D eigenvalue weighted by atomic mass is 32.2. The number of β-amino-alcohol motifs (C(OH)–C–C–N with tert-alkyl or cyclic N) is 1. The lowest BCUT2D eigenvalue weighted by Crippen LogP contribution is -2.45. The number of hydrogen-bond acceptors (Lipinski definition) is 4. The first-order valence-corrected chi connectivity index (χ1v) is 11.2. The van der Waals surface area contributed by atoms with Crippen LogP contribution >= 0.6 is 11.8 Å². The Balaban J connectivity index is 2.17. The molecule has 0 spiro atoms. The Bertz CT molecular complexity index is 739. The summed E-state index contributed by atoms with van der Waals surface area (Å²) in [5.74, 6) is 0.275. The first-order chi connectivity index (χ1) is 14.2. The third kappa shape index (κ3) is 7.67. The number of unbranched alkanes of at least 4 members (excludes halogenated alkanes) is 1. The minimum absolute atomic E-state index is 0.0907. The van der Waals surface area contributed by atoms with Crippen LogP contribution in [0.5, 0.6) is 5.75 Å². The Hall–Kier alpha value is -1.44. The molecule has 0 aromatic heterocycles. The fourth-order valence-electron chi connectivity index (χ4n) is 3.61. The van der Waals surface area contributed by atoms with E-state index in [9.17, 15) is 18.3 Å². The Morgan fingerprint density at radius 2 is 2.10 bits per heavy atom. The zero-order chi connectivity index (χ0) is 22.3. The van der Waals surface area contributed by atoms with Gasteiger partial charge in [0.05, 0.1) is 6.10 Å². The predicted molar refractivity (Wildman–Crippen MR) is 118 cm³/mol. The van der Waals surface area contributed by atoms with Gasteiger partial charge in [-0.25, -0.2) is 4.39 Å². The van der Waals surface area contributed by atoms with E-state index < -0.39 is 12.4 Å². The molecule has 1 N–H and O–H groups in total. The Labute approximate surface area is 182 Å². The second-order valence-corrected chi connectivity index (χ2v) is 9.31. The molecular weight excluding hydrogens is 411 g/mol. The van der Waals surface area contributed by atoms with Crippen LogP contribution in [0.1, 0.15) is 45.6 Å². The molecule has 1 saturated heterocycles. The number of thioether (sulfide) groups is 1. The summed E-state index contributed by atoms with van der Waals surface area (Å²) in [6.07, 6.45) is 4.38. The fourth-order valence-corrected chi connectivity index (χ4v) is 4.65. The smallest absolute Gasteiger partial charge is 0.387 e. The molecule has 1 aliphatic rings. The maximum absolute atomic E-state index is 13.8. The standard InChI is InChI=1S/C23H32F3NO2S/c1-5-6-7-20(14-27-12-17(15(2)3)10-19(28)13-27)30-16(4)21-11-18(24)8-9-22(21)29-23(25)26/h7-9,11,15,17,19,23,28H,4-6,10,12-14H2,1-3H3/b20-7-. The lowest BCUT2D eigenvalue weighted by molar-refractivity contribution is -0.0500. The van der Waals surface area contributed by atoms with Crippen molar-refractivity contribution < 1.29 is 23.0 Å². The summed E-state index contributed by atoms with van der Waals surface area (Å²) in [5, 5.41) is 10.3. The van der Waals surface area contributed by atoms with Crippen LogP contribution in [0.3, 0.4) is 0 Å². The van der Waals surface area contributed by atoms with Gasteiger partial charge < -0.3 is 9.84 Å². The number of nitrogens with zero attached hydrogens (tertiary/aromatic N) is 1. The van der Waals surface area contributed by atoms with Crippen molar-refractivity contribution in [3.8, 4) is 5.75 Å². The highest BCUT2D eigenvalue weighted by Crippen LogP contribution is 2.39. The summed E-state index contributed by atoms with van der Waals surface area (Å²) in [7, 11) is 0. The van der Waals surface area contributed by atoms with Crippen LogP contribution in [0, 0.1) is 17.7 Å². The number of aliphatic hydroxyl groups is 1. The number of halogens is 3. The molecule has 1 fully saturated rings. The minimum atomic E-state index is -3.00. The largest absolute Gasteiger partial charge is 0.434 e. The Morgan fingerprint density at radius 3 is 2.73 bits per heavy atom. The van der Waals surface area contributed by atoms with Crippen molar-refractivity contribution in [3.05, 3.63) is 47.1 Å². The van der Waals surface area contributed by atoms with E-state index in [0.29, 0.717) is 29.8 Å². The molecule has 1 aromatic rings. The van der Waals surface area contributed by atoms with E-state index in [0.717, 1.165) is 36.8 Å². The van der Waals surface area contributed by atoms with Crippen molar-refractivity contribution in [1.82, 2.24) is 4.90 Å². The Morgan fingerprint density at radius 1 is 1.37 bits per heavy atom. The van der Waals surface area contributed by atoms with E-state index >= 15 is 0 Å². The number of likely N-dealkylation sites (tertiary alicyclic amines) is 1. The summed E-state index contributed by atoms with van der Waals surface area (Å²) < 4.78 is 43.8. The average molecular weight is 444 g/mol. The zero-order valence-electron chi connectivity index (χ0n) is 17.9. The molecule has 7 heteroatoms. The summed E-state index contributed by atoms with van der Waals surface area (Å²) in [6, 6.07) is 3.46. The number of rotatable bonds is 10. The van der Waals surface area contributed by atoms with Gasteiger partial charge in [-0.3, -0.25) is 4.90 Å². The number of alkyl halides is 2. The second kappa shape index (κ2) is 11.8. The van der Waals surface area contributed by atoms with Crippen LogP contribution in [0.25, 0.3) is 4.91 Å². The van der Waals surface area contributed by atoms with Gasteiger partial charge >= 0.3 is 6.61 Å². The molecule has 0 bridgehead atoms. The third-order valence-corrected chi connectivity index (χ3v) is 6.26. The van der Waals surface area contributed by atoms with E-state index in [-0.39, 0.29) is 17.4 Å². The SMILES string of the molecule is C=C(S/C(=C\CCC)CN1CC(O)CC(C(C)C)C1)c1cc(F)ccc1OC(F)F. The number of piperidine rings is 1. The van der Waals surface area contributed by atoms with Crippen LogP contribution in [-0.4, -0.2) is 42.4 Å². The molecule has 1 heterocycles. The minimum Gasteiger partial charge on any atom is -0.434 e. The van der Waals surface area contributed by atoms with Crippen LogP contribution in [-0.2, 0) is 0 Å². The number of ether oxygens (including phenoxy) is 1. The zero-order valence-corrected chi connectivity index (χ0v) is 18.7. The van der Waals surface area contributed by atoms with Crippen LogP contribution < -0.4 is 4.74 Å². The molecule has 0 amide bonds. The molecular formula is C23H32F3NO2S. The maximum atomic E-state index is 13.8. The molecule has 2 unspecified atom stereocenters. The summed E-state index contributed by atoms with van der Waals surface area (Å²) in [5.41, 5.74) is 0.224. The van der Waals surface area contributed by atoms with Gasteiger partial charge in [0.1, 0.15) is 11.6 Å². The topological polar surface area (TPSA) is 32.7 Å². The quantitative estimate of drug-likeness (QED) is 0.470. The second-order valence-electron chi connectivity index (χ2n) is 8.09. The maximum Gasteiger partial charge on any atom is 0.387 e. The van der Waals surface area contributed by atoms with E-state index in [4.69, 9.17) is 0 Å². The van der Waals surface area contributed by atoms with Gasteiger partial charge in [-0.1, -0.05) is 51.6 Å². The van der Waals surface area contributed by atoms with Crippen molar-refractivity contribution in [2.24, 2.45) is 11.8 Å². The van der Waals surface area contributed by atoms with Crippen molar-refractivity contribution in [1.29, 1.82) is 0 Å². The highest BCUT2D eigenvalue weighted by Gasteiger charge is 2.28. The molecule has 168 valence electrons. The first kappa shape index (κ1) is 24.8. The van der Waals surface area contributed by atoms with Crippen LogP contribution in [0.2, 0.25) is 0 Å². The van der Waals surface area contributed by atoms with Gasteiger partial charge in [0.2, 0.25) is 0 Å². The molecule has 0 saturated carbocycles. The van der Waals surface area contributed by atoms with Gasteiger partial charge in [-0.15, -0.1) is 0 Å². The first-order valence-electron chi connectivity index (χ1n) is 10.4. The lowest BCUT2D eigenvalue weighted by atomic mass is 9.86. The molecule has 1 aromatic carbocycles.